The third-order valence-corrected chi connectivity index (χ3v) is 4.16. The molecule has 0 aliphatic heterocycles. The van der Waals surface area contributed by atoms with Crippen LogP contribution in [-0.2, 0) is 32.7 Å². The van der Waals surface area contributed by atoms with Crippen LogP contribution in [0.15, 0.2) is 35.5 Å². The number of fused-ring (bicyclic) bond motifs is 2. The Hall–Kier alpha value is -1.98. The molecule has 6 heteroatoms. The van der Waals surface area contributed by atoms with E-state index in [1.165, 1.54) is 0 Å². The number of aromatic nitrogens is 2. The molecule has 117 valence electrons. The molecule has 1 radical (unpaired) electrons. The van der Waals surface area contributed by atoms with E-state index in [1.807, 2.05) is 44.2 Å². The molecule has 3 N–H and O–H groups in total. The van der Waals surface area contributed by atoms with E-state index in [-0.39, 0.29) is 38.6 Å². The summed E-state index contributed by atoms with van der Waals surface area (Å²) in [5, 5.41) is 15.2. The summed E-state index contributed by atoms with van der Waals surface area (Å²) in [4.78, 5) is 17.6. The Morgan fingerprint density at radius 1 is 1.12 bits per heavy atom. The molecule has 4 rings (SSSR count). The number of benzene rings is 2. The van der Waals surface area contributed by atoms with Crippen LogP contribution in [0.25, 0.3) is 33.1 Å². The van der Waals surface area contributed by atoms with Crippen LogP contribution in [0.3, 0.4) is 0 Å². The molecule has 24 heavy (non-hydrogen) atoms. The summed E-state index contributed by atoms with van der Waals surface area (Å²) in [7, 11) is 0. The smallest absolute Gasteiger partial charge is 0.185 e. The van der Waals surface area contributed by atoms with Gasteiger partial charge >= 0.3 is 0 Å². The molecule has 2 heterocycles. The molecule has 0 unspecified atom stereocenters. The molecule has 0 saturated carbocycles. The van der Waals surface area contributed by atoms with Gasteiger partial charge in [-0.1, -0.05) is 42.9 Å². The second-order valence-corrected chi connectivity index (χ2v) is 5.70. The molecular formula is C18H14N3O2Y-. The molecule has 0 atom stereocenters. The summed E-state index contributed by atoms with van der Waals surface area (Å²) >= 11 is 0. The number of aromatic amines is 2. The first kappa shape index (κ1) is 16.9. The second-order valence-electron chi connectivity index (χ2n) is 5.70. The molecule has 0 aliphatic carbocycles. The topological polar surface area (TPSA) is 81.2 Å². The van der Waals surface area contributed by atoms with Crippen LogP contribution in [0.5, 0.6) is 5.88 Å². The first-order chi connectivity index (χ1) is 11.1. The van der Waals surface area contributed by atoms with Gasteiger partial charge < -0.3 is 15.1 Å². The maximum Gasteiger partial charge on any atom is 0.185 e. The van der Waals surface area contributed by atoms with Gasteiger partial charge in [0.25, 0.3) is 0 Å². The molecule has 0 spiro atoms. The Morgan fingerprint density at radius 2 is 1.88 bits per heavy atom. The fourth-order valence-corrected chi connectivity index (χ4v) is 3.21. The number of hydrogen-bond donors (Lipinski definition) is 3. The number of hydrogen-bond acceptors (Lipinski definition) is 3. The molecule has 5 nitrogen and oxygen atoms in total. The molecule has 0 saturated heterocycles. The van der Waals surface area contributed by atoms with Crippen molar-refractivity contribution >= 4 is 27.5 Å². The Balaban J connectivity index is 0.00000169. The first-order valence-corrected chi connectivity index (χ1v) is 7.28. The van der Waals surface area contributed by atoms with Gasteiger partial charge in [0.05, 0.1) is 5.69 Å². The zero-order valence-electron chi connectivity index (χ0n) is 13.3. The van der Waals surface area contributed by atoms with Gasteiger partial charge in [-0.2, -0.15) is 17.7 Å². The van der Waals surface area contributed by atoms with Gasteiger partial charge in [0.15, 0.2) is 5.88 Å². The zero-order valence-corrected chi connectivity index (χ0v) is 16.1. The number of H-pyrrole nitrogens is 2. The van der Waals surface area contributed by atoms with Crippen molar-refractivity contribution < 1.29 is 37.8 Å². The van der Waals surface area contributed by atoms with Gasteiger partial charge in [-0.15, -0.1) is 10.5 Å². The van der Waals surface area contributed by atoms with Crippen LogP contribution in [0.2, 0.25) is 0 Å². The minimum Gasteiger partial charge on any atom is -0.495 e. The van der Waals surface area contributed by atoms with E-state index >= 15 is 0 Å². The molecule has 2 aromatic heterocycles. The van der Waals surface area contributed by atoms with E-state index in [9.17, 15) is 10.0 Å². The van der Waals surface area contributed by atoms with Crippen LogP contribution in [0, 0.1) is 24.8 Å². The predicted molar refractivity (Wildman–Crippen MR) is 91.0 cm³/mol. The summed E-state index contributed by atoms with van der Waals surface area (Å²) in [5.74, 6) is 0.0126. The standard InChI is InChI=1S/C18H14N3O2.Y/c1-9-7-10(2)15-12(8-9)14(18(22)20-15)17-16(21-23)11-5-3-4-6-13(11)19-17;/h3-6,8,19-20,22H,1-2H3;/q-1;. The average Bonchev–Trinajstić information content (AvgIpc) is 3.04. The fraction of sp³-hybridized carbons (Fsp3) is 0.111. The number of nitroso groups, excluding NO2 is 1. The molecule has 0 fully saturated rings. The largest absolute Gasteiger partial charge is 0.495 e. The Morgan fingerprint density at radius 3 is 2.62 bits per heavy atom. The van der Waals surface area contributed by atoms with E-state index in [4.69, 9.17) is 0 Å². The third kappa shape index (κ3) is 2.39. The van der Waals surface area contributed by atoms with E-state index in [0.717, 1.165) is 32.9 Å². The molecule has 0 aliphatic rings. The van der Waals surface area contributed by atoms with Gasteiger partial charge in [-0.3, -0.25) is 0 Å². The number of nitrogens with zero attached hydrogens (tertiary/aromatic N) is 1. The van der Waals surface area contributed by atoms with Crippen molar-refractivity contribution in [3.63, 3.8) is 0 Å². The number of aromatic hydroxyl groups is 1. The van der Waals surface area contributed by atoms with E-state index in [2.05, 4.69) is 21.2 Å². The monoisotopic (exact) mass is 393 g/mol. The van der Waals surface area contributed by atoms with Crippen molar-refractivity contribution in [3.8, 4) is 17.1 Å². The maximum absolute atomic E-state index is 11.4. The van der Waals surface area contributed by atoms with E-state index < -0.39 is 0 Å². The van der Waals surface area contributed by atoms with Crippen molar-refractivity contribution in [2.45, 2.75) is 13.8 Å². The molecule has 0 amide bonds. The minimum atomic E-state index is 0. The van der Waals surface area contributed by atoms with Crippen molar-refractivity contribution in [1.82, 2.24) is 9.97 Å². The SMILES string of the molecule is Cc1[c-]c(C)c2[nH]c(O)c(-c3[nH]c4ccccc4c3N=O)c2c1.[Y]. The number of aryl methyl sites for hydroxylation is 2. The quantitative estimate of drug-likeness (QED) is 0.337. The van der Waals surface area contributed by atoms with Crippen molar-refractivity contribution in [2.75, 3.05) is 0 Å². The van der Waals surface area contributed by atoms with Crippen molar-refractivity contribution in [3.05, 3.63) is 52.4 Å². The normalized spacial score (nSPS) is 10.9. The summed E-state index contributed by atoms with van der Waals surface area (Å²) in [6, 6.07) is 12.6. The zero-order chi connectivity index (χ0) is 16.1. The number of para-hydroxylation sites is 1. The summed E-state index contributed by atoms with van der Waals surface area (Å²) < 4.78 is 0. The first-order valence-electron chi connectivity index (χ1n) is 7.28. The van der Waals surface area contributed by atoms with Gasteiger partial charge in [-0.05, 0) is 11.2 Å². The van der Waals surface area contributed by atoms with Crippen molar-refractivity contribution in [1.29, 1.82) is 0 Å². The van der Waals surface area contributed by atoms with Crippen LogP contribution in [0.4, 0.5) is 5.69 Å². The van der Waals surface area contributed by atoms with Gasteiger partial charge in [0.1, 0.15) is 5.69 Å². The maximum atomic E-state index is 11.4. The van der Waals surface area contributed by atoms with Gasteiger partial charge in [0.2, 0.25) is 0 Å². The van der Waals surface area contributed by atoms with Crippen LogP contribution < -0.4 is 0 Å². The number of rotatable bonds is 2. The molecule has 4 aromatic rings. The van der Waals surface area contributed by atoms with Gasteiger partial charge in [0, 0.05) is 49.2 Å². The van der Waals surface area contributed by atoms with Crippen molar-refractivity contribution in [2.24, 2.45) is 5.18 Å². The van der Waals surface area contributed by atoms with E-state index in [1.54, 1.807) is 0 Å². The van der Waals surface area contributed by atoms with Crippen LogP contribution in [0.1, 0.15) is 11.1 Å². The fourth-order valence-electron chi connectivity index (χ4n) is 3.21. The van der Waals surface area contributed by atoms with E-state index in [0.29, 0.717) is 16.9 Å². The number of nitrogens with one attached hydrogen (secondary N) is 2. The Labute approximate surface area is 163 Å². The molecule has 0 bridgehead atoms. The predicted octanol–water partition coefficient (Wildman–Crippen LogP) is 4.83. The Kier molecular flexibility index (Phi) is 4.32. The van der Waals surface area contributed by atoms with Gasteiger partial charge in [-0.25, -0.2) is 0 Å². The second kappa shape index (κ2) is 6.15. The molecule has 2 aromatic carbocycles. The minimum absolute atomic E-state index is 0. The molecular weight excluding hydrogens is 379 g/mol. The van der Waals surface area contributed by atoms with Crippen LogP contribution >= 0.6 is 0 Å². The summed E-state index contributed by atoms with van der Waals surface area (Å²) in [6.07, 6.45) is 0. The average molecular weight is 393 g/mol. The third-order valence-electron chi connectivity index (χ3n) is 4.16. The summed E-state index contributed by atoms with van der Waals surface area (Å²) in [6.45, 7) is 3.88. The Bertz CT molecular complexity index is 1080. The van der Waals surface area contributed by atoms with Crippen LogP contribution in [-0.4, -0.2) is 15.1 Å². The summed E-state index contributed by atoms with van der Waals surface area (Å²) in [5.41, 5.74) is 4.88.